The number of piperazine rings is 1. The van der Waals surface area contributed by atoms with Crippen LogP contribution in [0.3, 0.4) is 0 Å². The van der Waals surface area contributed by atoms with E-state index in [-0.39, 0.29) is 11.8 Å². The maximum absolute atomic E-state index is 13.1. The third-order valence-corrected chi connectivity index (χ3v) is 5.63. The van der Waals surface area contributed by atoms with E-state index in [1.807, 2.05) is 40.1 Å². The summed E-state index contributed by atoms with van der Waals surface area (Å²) in [5.41, 5.74) is 2.01. The van der Waals surface area contributed by atoms with Gasteiger partial charge < -0.3 is 14.7 Å². The maximum atomic E-state index is 13.1. The highest BCUT2D eigenvalue weighted by Crippen LogP contribution is 2.18. The van der Waals surface area contributed by atoms with Gasteiger partial charge in [-0.25, -0.2) is 0 Å². The molecule has 1 saturated heterocycles. The minimum absolute atomic E-state index is 0.0521. The second kappa shape index (κ2) is 8.14. The first-order chi connectivity index (χ1) is 13.7. The summed E-state index contributed by atoms with van der Waals surface area (Å²) < 4.78 is 1.71. The molecule has 1 aromatic heterocycles. The van der Waals surface area contributed by atoms with E-state index in [1.165, 1.54) is 0 Å². The zero-order valence-corrected chi connectivity index (χ0v) is 16.4. The molecule has 0 aliphatic carbocycles. The topological polar surface area (TPSA) is 61.7 Å². The molecule has 1 aromatic carbocycles. The lowest BCUT2D eigenvalue weighted by molar-refractivity contribution is 0.0636. The van der Waals surface area contributed by atoms with Crippen LogP contribution in [-0.4, -0.2) is 75.6 Å². The number of amides is 2. The van der Waals surface area contributed by atoms with Crippen molar-refractivity contribution in [2.75, 3.05) is 39.3 Å². The lowest BCUT2D eigenvalue weighted by Crippen LogP contribution is -2.48. The molecular formula is C21H27N5O2. The van der Waals surface area contributed by atoms with Gasteiger partial charge in [-0.3, -0.25) is 14.3 Å². The minimum atomic E-state index is -0.0706. The van der Waals surface area contributed by atoms with Crippen molar-refractivity contribution in [3.8, 4) is 0 Å². The van der Waals surface area contributed by atoms with Crippen molar-refractivity contribution < 1.29 is 9.59 Å². The molecule has 0 unspecified atom stereocenters. The van der Waals surface area contributed by atoms with Crippen LogP contribution in [0.15, 0.2) is 36.4 Å². The third-order valence-electron chi connectivity index (χ3n) is 5.63. The molecule has 2 aromatic rings. The van der Waals surface area contributed by atoms with Crippen LogP contribution in [0.5, 0.6) is 0 Å². The van der Waals surface area contributed by atoms with Crippen LogP contribution >= 0.6 is 0 Å². The van der Waals surface area contributed by atoms with Gasteiger partial charge >= 0.3 is 0 Å². The van der Waals surface area contributed by atoms with Crippen molar-refractivity contribution in [2.24, 2.45) is 0 Å². The monoisotopic (exact) mass is 381 g/mol. The number of carbonyl (C=O) groups excluding carboxylic acids is 2. The summed E-state index contributed by atoms with van der Waals surface area (Å²) in [5.74, 6) is -0.123. The number of likely N-dealkylation sites (N-methyl/N-ethyl adjacent to an activating group) is 1. The SMILES string of the molecule is CCN1CCN(C(=O)c2cc3n(n2)CCCN(Cc2ccccc2)C3=O)CC1. The summed E-state index contributed by atoms with van der Waals surface area (Å²) in [7, 11) is 0. The van der Waals surface area contributed by atoms with E-state index in [0.29, 0.717) is 44.1 Å². The smallest absolute Gasteiger partial charge is 0.274 e. The van der Waals surface area contributed by atoms with Crippen LogP contribution in [0.25, 0.3) is 0 Å². The lowest BCUT2D eigenvalue weighted by atomic mass is 10.2. The molecule has 2 aliphatic heterocycles. The highest BCUT2D eigenvalue weighted by Gasteiger charge is 2.29. The van der Waals surface area contributed by atoms with Crippen LogP contribution in [-0.2, 0) is 13.1 Å². The Bertz CT molecular complexity index is 840. The van der Waals surface area contributed by atoms with Gasteiger partial charge in [-0.05, 0) is 18.5 Å². The zero-order valence-electron chi connectivity index (χ0n) is 16.4. The summed E-state index contributed by atoms with van der Waals surface area (Å²) in [6, 6.07) is 11.7. The van der Waals surface area contributed by atoms with Crippen LogP contribution in [0.2, 0.25) is 0 Å². The number of rotatable bonds is 4. The predicted molar refractivity (Wildman–Crippen MR) is 106 cm³/mol. The number of hydrogen-bond acceptors (Lipinski definition) is 4. The van der Waals surface area contributed by atoms with Gasteiger partial charge in [0, 0.05) is 51.9 Å². The first kappa shape index (κ1) is 18.7. The van der Waals surface area contributed by atoms with Crippen LogP contribution in [0, 0.1) is 0 Å². The molecule has 0 radical (unpaired) electrons. The molecule has 148 valence electrons. The van der Waals surface area contributed by atoms with Gasteiger partial charge in [0.05, 0.1) is 0 Å². The molecule has 0 N–H and O–H groups in total. The Morgan fingerprint density at radius 1 is 1.04 bits per heavy atom. The number of nitrogens with zero attached hydrogens (tertiary/aromatic N) is 5. The largest absolute Gasteiger partial charge is 0.335 e. The normalized spacial score (nSPS) is 18.1. The minimum Gasteiger partial charge on any atom is -0.335 e. The quantitative estimate of drug-likeness (QED) is 0.809. The highest BCUT2D eigenvalue weighted by molar-refractivity contribution is 5.98. The molecule has 7 heteroatoms. The Kier molecular flexibility index (Phi) is 5.43. The number of fused-ring (bicyclic) bond motifs is 1. The van der Waals surface area contributed by atoms with Crippen molar-refractivity contribution in [3.63, 3.8) is 0 Å². The zero-order chi connectivity index (χ0) is 19.5. The van der Waals surface area contributed by atoms with Crippen LogP contribution in [0.1, 0.15) is 39.9 Å². The number of hydrogen-bond donors (Lipinski definition) is 0. The van der Waals surface area contributed by atoms with E-state index in [1.54, 1.807) is 10.7 Å². The maximum Gasteiger partial charge on any atom is 0.274 e. The van der Waals surface area contributed by atoms with Gasteiger partial charge in [0.2, 0.25) is 0 Å². The molecule has 2 amide bonds. The van der Waals surface area contributed by atoms with Crippen LogP contribution in [0.4, 0.5) is 0 Å². The summed E-state index contributed by atoms with van der Waals surface area (Å²) in [6.07, 6.45) is 0.829. The van der Waals surface area contributed by atoms with E-state index >= 15 is 0 Å². The van der Waals surface area contributed by atoms with E-state index in [0.717, 1.165) is 31.6 Å². The average molecular weight is 381 g/mol. The molecule has 4 rings (SSSR count). The Balaban J connectivity index is 1.49. The molecule has 3 heterocycles. The van der Waals surface area contributed by atoms with Gasteiger partial charge in [-0.15, -0.1) is 0 Å². The van der Waals surface area contributed by atoms with Crippen LogP contribution < -0.4 is 0 Å². The summed E-state index contributed by atoms with van der Waals surface area (Å²) in [6.45, 7) is 8.27. The first-order valence-electron chi connectivity index (χ1n) is 10.1. The van der Waals surface area contributed by atoms with E-state index < -0.39 is 0 Å². The molecule has 28 heavy (non-hydrogen) atoms. The summed E-state index contributed by atoms with van der Waals surface area (Å²) in [5, 5.41) is 4.48. The fourth-order valence-corrected chi connectivity index (χ4v) is 3.92. The van der Waals surface area contributed by atoms with E-state index in [2.05, 4.69) is 16.9 Å². The van der Waals surface area contributed by atoms with Crippen molar-refractivity contribution in [1.82, 2.24) is 24.5 Å². The summed E-state index contributed by atoms with van der Waals surface area (Å²) in [4.78, 5) is 32.0. The van der Waals surface area contributed by atoms with Gasteiger partial charge in [-0.1, -0.05) is 37.3 Å². The Morgan fingerprint density at radius 3 is 2.50 bits per heavy atom. The Hall–Kier alpha value is -2.67. The number of benzene rings is 1. The summed E-state index contributed by atoms with van der Waals surface area (Å²) >= 11 is 0. The standard InChI is InChI=1S/C21H27N5O2/c1-2-23-11-13-24(14-12-23)20(27)18-15-19-21(28)25(9-6-10-26(19)22-18)16-17-7-4-3-5-8-17/h3-5,7-8,15H,2,6,9-14,16H2,1H3. The van der Waals surface area contributed by atoms with Gasteiger partial charge in [0.1, 0.15) is 5.69 Å². The fourth-order valence-electron chi connectivity index (χ4n) is 3.92. The average Bonchev–Trinajstić information content (AvgIpc) is 3.11. The van der Waals surface area contributed by atoms with Crippen molar-refractivity contribution in [2.45, 2.75) is 26.4 Å². The van der Waals surface area contributed by atoms with Gasteiger partial charge in [-0.2, -0.15) is 5.10 Å². The molecule has 0 spiro atoms. The van der Waals surface area contributed by atoms with E-state index in [4.69, 9.17) is 0 Å². The second-order valence-corrected chi connectivity index (χ2v) is 7.43. The second-order valence-electron chi connectivity index (χ2n) is 7.43. The Morgan fingerprint density at radius 2 is 1.79 bits per heavy atom. The highest BCUT2D eigenvalue weighted by atomic mass is 16.2. The predicted octanol–water partition coefficient (Wildman–Crippen LogP) is 1.71. The number of carbonyl (C=O) groups is 2. The first-order valence-corrected chi connectivity index (χ1v) is 10.1. The van der Waals surface area contributed by atoms with Crippen molar-refractivity contribution >= 4 is 11.8 Å². The number of aromatic nitrogens is 2. The molecule has 0 saturated carbocycles. The van der Waals surface area contributed by atoms with Crippen molar-refractivity contribution in [3.05, 3.63) is 53.3 Å². The molecule has 0 atom stereocenters. The Labute approximate surface area is 165 Å². The van der Waals surface area contributed by atoms with Gasteiger partial charge in [0.25, 0.3) is 11.8 Å². The molecular weight excluding hydrogens is 354 g/mol. The fraction of sp³-hybridized carbons (Fsp3) is 0.476. The van der Waals surface area contributed by atoms with Crippen molar-refractivity contribution in [1.29, 1.82) is 0 Å². The number of aryl methyl sites for hydroxylation is 1. The third kappa shape index (κ3) is 3.80. The van der Waals surface area contributed by atoms with Gasteiger partial charge in [0.15, 0.2) is 5.69 Å². The van der Waals surface area contributed by atoms with E-state index in [9.17, 15) is 9.59 Å². The molecule has 2 aliphatic rings. The molecule has 1 fully saturated rings. The molecule has 0 bridgehead atoms. The molecule has 7 nitrogen and oxygen atoms in total. The lowest BCUT2D eigenvalue weighted by Gasteiger charge is -2.33.